The first kappa shape index (κ1) is 14.3. The molecule has 0 saturated carbocycles. The van der Waals surface area contributed by atoms with Crippen molar-refractivity contribution in [1.82, 2.24) is 14.5 Å². The van der Waals surface area contributed by atoms with Crippen LogP contribution in [0.4, 0.5) is 0 Å². The Bertz CT molecular complexity index is 650. The van der Waals surface area contributed by atoms with E-state index in [0.717, 1.165) is 17.0 Å². The van der Waals surface area contributed by atoms with Crippen LogP contribution < -0.4 is 5.46 Å². The van der Waals surface area contributed by atoms with Gasteiger partial charge in [-0.1, -0.05) is 0 Å². The van der Waals surface area contributed by atoms with E-state index in [4.69, 9.17) is 9.31 Å². The highest BCUT2D eigenvalue weighted by Crippen LogP contribution is 2.36. The minimum Gasteiger partial charge on any atom is -0.399 e. The van der Waals surface area contributed by atoms with Crippen molar-refractivity contribution in [2.45, 2.75) is 45.8 Å². The number of aryl methyl sites for hydroxylation is 1. The molecule has 0 aromatic carbocycles. The van der Waals surface area contributed by atoms with Crippen LogP contribution in [0.15, 0.2) is 30.9 Å². The van der Waals surface area contributed by atoms with Gasteiger partial charge in [-0.2, -0.15) is 0 Å². The summed E-state index contributed by atoms with van der Waals surface area (Å²) in [6, 6.07) is 2.03. The monoisotopic (exact) mass is 285 g/mol. The molecule has 0 radical (unpaired) electrons. The molecule has 0 bridgehead atoms. The van der Waals surface area contributed by atoms with Crippen molar-refractivity contribution in [2.24, 2.45) is 0 Å². The second kappa shape index (κ2) is 4.68. The molecule has 0 atom stereocenters. The molecule has 0 unspecified atom stereocenters. The molecule has 0 spiro atoms. The van der Waals surface area contributed by atoms with E-state index in [2.05, 4.69) is 9.97 Å². The van der Waals surface area contributed by atoms with Gasteiger partial charge in [0.15, 0.2) is 0 Å². The van der Waals surface area contributed by atoms with Gasteiger partial charge in [-0.3, -0.25) is 4.98 Å². The molecule has 5 nitrogen and oxygen atoms in total. The maximum atomic E-state index is 6.07. The highest BCUT2D eigenvalue weighted by atomic mass is 16.7. The predicted molar refractivity (Wildman–Crippen MR) is 81.8 cm³/mol. The Morgan fingerprint density at radius 1 is 1.10 bits per heavy atom. The minimum atomic E-state index is -0.397. The Kier molecular flexibility index (Phi) is 3.18. The summed E-state index contributed by atoms with van der Waals surface area (Å²) in [7, 11) is -0.397. The van der Waals surface area contributed by atoms with Gasteiger partial charge in [-0.15, -0.1) is 0 Å². The van der Waals surface area contributed by atoms with Gasteiger partial charge in [0.05, 0.1) is 23.1 Å². The van der Waals surface area contributed by atoms with Crippen molar-refractivity contribution in [1.29, 1.82) is 0 Å². The summed E-state index contributed by atoms with van der Waals surface area (Å²) in [5.41, 5.74) is 1.17. The topological polar surface area (TPSA) is 49.2 Å². The average molecular weight is 285 g/mol. The Morgan fingerprint density at radius 3 is 2.33 bits per heavy atom. The molecule has 0 amide bonds. The molecule has 1 aliphatic heterocycles. The molecule has 6 heteroatoms. The van der Waals surface area contributed by atoms with E-state index < -0.39 is 7.12 Å². The first-order valence-corrected chi connectivity index (χ1v) is 7.11. The summed E-state index contributed by atoms with van der Waals surface area (Å²) < 4.78 is 14.1. The van der Waals surface area contributed by atoms with Gasteiger partial charge >= 0.3 is 7.12 Å². The van der Waals surface area contributed by atoms with Crippen LogP contribution in [-0.2, 0) is 9.31 Å². The zero-order valence-corrected chi connectivity index (χ0v) is 13.1. The van der Waals surface area contributed by atoms with E-state index in [-0.39, 0.29) is 11.2 Å². The normalized spacial score (nSPS) is 20.0. The van der Waals surface area contributed by atoms with E-state index in [1.165, 1.54) is 0 Å². The van der Waals surface area contributed by atoms with Crippen LogP contribution in [0.3, 0.4) is 0 Å². The lowest BCUT2D eigenvalue weighted by atomic mass is 9.80. The number of pyridine rings is 1. The Hall–Kier alpha value is -1.66. The quantitative estimate of drug-likeness (QED) is 0.790. The summed E-state index contributed by atoms with van der Waals surface area (Å²) in [4.78, 5) is 8.55. The molecule has 110 valence electrons. The summed E-state index contributed by atoms with van der Waals surface area (Å²) in [5, 5.41) is 0. The zero-order chi connectivity index (χ0) is 15.3. The first-order valence-electron chi connectivity index (χ1n) is 7.11. The van der Waals surface area contributed by atoms with Crippen LogP contribution in [0.1, 0.15) is 33.5 Å². The summed E-state index contributed by atoms with van der Waals surface area (Å²) in [6.07, 6.45) is 7.29. The summed E-state index contributed by atoms with van der Waals surface area (Å²) in [6.45, 7) is 10.1. The molecule has 21 heavy (non-hydrogen) atoms. The van der Waals surface area contributed by atoms with Crippen LogP contribution in [0.5, 0.6) is 0 Å². The van der Waals surface area contributed by atoms with Gasteiger partial charge < -0.3 is 13.9 Å². The Balaban J connectivity index is 1.94. The smallest absolute Gasteiger partial charge is 0.399 e. The molecular weight excluding hydrogens is 265 g/mol. The summed E-state index contributed by atoms with van der Waals surface area (Å²) >= 11 is 0. The third kappa shape index (κ3) is 2.38. The van der Waals surface area contributed by atoms with Crippen molar-refractivity contribution in [3.05, 3.63) is 36.7 Å². The molecule has 2 aromatic rings. The lowest BCUT2D eigenvalue weighted by molar-refractivity contribution is 0.00578. The Morgan fingerprint density at radius 2 is 1.76 bits per heavy atom. The second-order valence-corrected chi connectivity index (χ2v) is 6.41. The molecule has 0 aliphatic carbocycles. The van der Waals surface area contributed by atoms with Crippen LogP contribution in [0.25, 0.3) is 5.69 Å². The van der Waals surface area contributed by atoms with Crippen molar-refractivity contribution in [2.75, 3.05) is 0 Å². The van der Waals surface area contributed by atoms with E-state index in [1.54, 1.807) is 12.4 Å². The second-order valence-electron chi connectivity index (χ2n) is 6.41. The predicted octanol–water partition coefficient (Wildman–Crippen LogP) is 1.87. The van der Waals surface area contributed by atoms with Crippen molar-refractivity contribution >= 4 is 12.6 Å². The molecule has 1 aliphatic rings. The fourth-order valence-electron chi connectivity index (χ4n) is 2.34. The number of nitrogens with zero attached hydrogens (tertiary/aromatic N) is 3. The van der Waals surface area contributed by atoms with E-state index in [1.807, 2.05) is 57.6 Å². The highest BCUT2D eigenvalue weighted by molar-refractivity contribution is 6.62. The fraction of sp³-hybridized carbons (Fsp3) is 0.467. The van der Waals surface area contributed by atoms with E-state index in [0.29, 0.717) is 0 Å². The molecule has 3 rings (SSSR count). The molecule has 3 heterocycles. The van der Waals surface area contributed by atoms with Crippen LogP contribution in [0, 0.1) is 6.92 Å². The standard InChI is InChI=1S/C15H20BN3O2/c1-11-18-6-7-19(11)13-8-12(9-17-10-13)16-20-14(2,3)15(4,5)21-16/h6-10H,1-5H3. The van der Waals surface area contributed by atoms with Gasteiger partial charge in [-0.05, 0) is 40.7 Å². The maximum Gasteiger partial charge on any atom is 0.496 e. The van der Waals surface area contributed by atoms with Gasteiger partial charge in [0.1, 0.15) is 5.82 Å². The fourth-order valence-corrected chi connectivity index (χ4v) is 2.34. The minimum absolute atomic E-state index is 0.349. The lowest BCUT2D eigenvalue weighted by Crippen LogP contribution is -2.41. The zero-order valence-electron chi connectivity index (χ0n) is 13.1. The molecule has 1 saturated heterocycles. The SMILES string of the molecule is Cc1nccn1-c1cncc(B2OC(C)(C)C(C)(C)O2)c1. The summed E-state index contributed by atoms with van der Waals surface area (Å²) in [5.74, 6) is 0.919. The number of hydrogen-bond donors (Lipinski definition) is 0. The number of imidazole rings is 1. The molecule has 1 fully saturated rings. The average Bonchev–Trinajstić information content (AvgIpc) is 2.92. The third-order valence-corrected chi connectivity index (χ3v) is 4.37. The number of aromatic nitrogens is 3. The van der Waals surface area contributed by atoms with Crippen molar-refractivity contribution < 1.29 is 9.31 Å². The van der Waals surface area contributed by atoms with Gasteiger partial charge in [0.25, 0.3) is 0 Å². The van der Waals surface area contributed by atoms with Gasteiger partial charge in [-0.25, -0.2) is 4.98 Å². The van der Waals surface area contributed by atoms with E-state index in [9.17, 15) is 0 Å². The molecule has 2 aromatic heterocycles. The van der Waals surface area contributed by atoms with Gasteiger partial charge in [0.2, 0.25) is 0 Å². The van der Waals surface area contributed by atoms with Crippen LogP contribution >= 0.6 is 0 Å². The largest absolute Gasteiger partial charge is 0.496 e. The van der Waals surface area contributed by atoms with Crippen molar-refractivity contribution in [3.8, 4) is 5.69 Å². The number of rotatable bonds is 2. The number of hydrogen-bond acceptors (Lipinski definition) is 4. The van der Waals surface area contributed by atoms with Gasteiger partial charge in [0, 0.05) is 24.1 Å². The maximum absolute atomic E-state index is 6.07. The van der Waals surface area contributed by atoms with Crippen molar-refractivity contribution in [3.63, 3.8) is 0 Å². The van der Waals surface area contributed by atoms with Crippen LogP contribution in [-0.4, -0.2) is 32.9 Å². The van der Waals surface area contributed by atoms with Crippen LogP contribution in [0.2, 0.25) is 0 Å². The molecular formula is C15H20BN3O2. The Labute approximate surface area is 125 Å². The van der Waals surface area contributed by atoms with E-state index >= 15 is 0 Å². The first-order chi connectivity index (χ1) is 9.80. The third-order valence-electron chi connectivity index (χ3n) is 4.37. The highest BCUT2D eigenvalue weighted by Gasteiger charge is 2.51. The molecule has 0 N–H and O–H groups in total. The lowest BCUT2D eigenvalue weighted by Gasteiger charge is -2.32.